The van der Waals surface area contributed by atoms with E-state index in [0.29, 0.717) is 40.2 Å². The highest BCUT2D eigenvalue weighted by atomic mass is 32.2. The van der Waals surface area contributed by atoms with Gasteiger partial charge in [-0.2, -0.15) is 5.26 Å². The highest BCUT2D eigenvalue weighted by molar-refractivity contribution is 8.18. The Morgan fingerprint density at radius 2 is 1.82 bits per heavy atom. The van der Waals surface area contributed by atoms with Gasteiger partial charge >= 0.3 is 0 Å². The largest absolute Gasteiger partial charge is 0.489 e. The molecule has 33 heavy (non-hydrogen) atoms. The molecule has 0 bridgehead atoms. The van der Waals surface area contributed by atoms with Crippen molar-refractivity contribution in [2.45, 2.75) is 13.5 Å². The number of carbonyl (C=O) groups excluding carboxylic acids is 1. The maximum atomic E-state index is 13.2. The van der Waals surface area contributed by atoms with Crippen LogP contribution in [-0.2, 0) is 11.4 Å². The average molecular weight is 458 g/mol. The van der Waals surface area contributed by atoms with Gasteiger partial charge in [-0.15, -0.1) is 0 Å². The van der Waals surface area contributed by atoms with Crippen LogP contribution in [-0.4, -0.2) is 22.5 Å². The van der Waals surface area contributed by atoms with Crippen molar-refractivity contribution >= 4 is 34.6 Å². The van der Waals surface area contributed by atoms with Gasteiger partial charge in [0.25, 0.3) is 5.91 Å². The van der Waals surface area contributed by atoms with Crippen LogP contribution in [0.15, 0.2) is 82.7 Å². The minimum Gasteiger partial charge on any atom is -0.489 e. The molecule has 1 heterocycles. The number of hydrogen-bond acceptors (Lipinski definition) is 5. The van der Waals surface area contributed by atoms with Crippen molar-refractivity contribution < 1.29 is 13.9 Å². The Morgan fingerprint density at radius 3 is 2.52 bits per heavy atom. The second-order valence-electron chi connectivity index (χ2n) is 7.16. The summed E-state index contributed by atoms with van der Waals surface area (Å²) in [7, 11) is 0. The second-order valence-corrected chi connectivity index (χ2v) is 8.17. The molecule has 0 aromatic heterocycles. The number of nitriles is 1. The van der Waals surface area contributed by atoms with Gasteiger partial charge < -0.3 is 4.74 Å². The van der Waals surface area contributed by atoms with Gasteiger partial charge in [0.1, 0.15) is 18.2 Å². The fraction of sp³-hybridized carbons (Fsp3) is 0.115. The second kappa shape index (κ2) is 10.2. The highest BCUT2D eigenvalue weighted by Crippen LogP contribution is 2.34. The van der Waals surface area contributed by atoms with Crippen molar-refractivity contribution in [3.8, 4) is 11.8 Å². The van der Waals surface area contributed by atoms with E-state index in [0.717, 1.165) is 11.1 Å². The van der Waals surface area contributed by atoms with E-state index in [1.165, 1.54) is 23.9 Å². The summed E-state index contributed by atoms with van der Waals surface area (Å²) >= 11 is 1.29. The average Bonchev–Trinajstić information content (AvgIpc) is 3.13. The fourth-order valence-corrected chi connectivity index (χ4v) is 4.29. The zero-order valence-electron chi connectivity index (χ0n) is 17.9. The van der Waals surface area contributed by atoms with Gasteiger partial charge in [0.15, 0.2) is 5.17 Å². The third-order valence-electron chi connectivity index (χ3n) is 4.97. The molecule has 0 atom stereocenters. The standard InChI is InChI=1S/C26H20FN3O2S/c1-2-30-25(31)24(33-26(30)29-22-11-9-21(27)10-12-22)15-18-7-13-23(14-8-18)32-17-20-6-4-3-5-19(20)16-28/h3-15H,2,17H2,1H3/b24-15+,29-26?. The van der Waals surface area contributed by atoms with Gasteiger partial charge in [-0.3, -0.25) is 9.69 Å². The lowest BCUT2D eigenvalue weighted by molar-refractivity contribution is -0.122. The van der Waals surface area contributed by atoms with E-state index >= 15 is 0 Å². The minimum atomic E-state index is -0.330. The number of rotatable bonds is 6. The summed E-state index contributed by atoms with van der Waals surface area (Å²) in [4.78, 5) is 19.5. The Bertz CT molecular complexity index is 1260. The van der Waals surface area contributed by atoms with Crippen LogP contribution in [0.4, 0.5) is 10.1 Å². The zero-order chi connectivity index (χ0) is 23.2. The molecule has 0 N–H and O–H groups in total. The Morgan fingerprint density at radius 1 is 1.09 bits per heavy atom. The van der Waals surface area contributed by atoms with Crippen LogP contribution in [0.3, 0.4) is 0 Å². The molecule has 0 radical (unpaired) electrons. The van der Waals surface area contributed by atoms with Gasteiger partial charge in [-0.1, -0.05) is 30.3 Å². The lowest BCUT2D eigenvalue weighted by Gasteiger charge is -2.11. The third-order valence-corrected chi connectivity index (χ3v) is 5.97. The molecule has 1 saturated heterocycles. The van der Waals surface area contributed by atoms with E-state index in [-0.39, 0.29) is 11.7 Å². The van der Waals surface area contributed by atoms with Crippen molar-refractivity contribution in [1.82, 2.24) is 4.90 Å². The van der Waals surface area contributed by atoms with Crippen LogP contribution in [0.1, 0.15) is 23.6 Å². The van der Waals surface area contributed by atoms with Crippen molar-refractivity contribution in [3.63, 3.8) is 0 Å². The van der Waals surface area contributed by atoms with Gasteiger partial charge in [-0.05, 0) is 72.8 Å². The first-order valence-corrected chi connectivity index (χ1v) is 11.2. The number of aliphatic imine (C=N–C) groups is 1. The molecular formula is C26H20FN3O2S. The Labute approximate surface area is 195 Å². The number of benzene rings is 3. The summed E-state index contributed by atoms with van der Waals surface area (Å²) in [5.74, 6) is 0.226. The summed E-state index contributed by atoms with van der Waals surface area (Å²) < 4.78 is 19.0. The van der Waals surface area contributed by atoms with E-state index in [9.17, 15) is 14.4 Å². The summed E-state index contributed by atoms with van der Waals surface area (Å²) in [6.07, 6.45) is 1.82. The SMILES string of the molecule is CCN1C(=O)/C(=C\c2ccc(OCc3ccccc3C#N)cc2)SC1=Nc1ccc(F)cc1. The maximum absolute atomic E-state index is 13.2. The van der Waals surface area contributed by atoms with Crippen LogP contribution >= 0.6 is 11.8 Å². The van der Waals surface area contributed by atoms with Crippen molar-refractivity contribution in [1.29, 1.82) is 5.26 Å². The van der Waals surface area contributed by atoms with E-state index in [1.807, 2.05) is 55.5 Å². The molecule has 1 aliphatic rings. The highest BCUT2D eigenvalue weighted by Gasteiger charge is 2.32. The number of halogens is 1. The number of carbonyl (C=O) groups is 1. The molecule has 164 valence electrons. The molecule has 3 aromatic rings. The van der Waals surface area contributed by atoms with Crippen LogP contribution in [0.5, 0.6) is 5.75 Å². The normalized spacial score (nSPS) is 15.8. The molecule has 1 aliphatic heterocycles. The number of likely N-dealkylation sites (N-methyl/N-ethyl adjacent to an activating group) is 1. The maximum Gasteiger partial charge on any atom is 0.266 e. The lowest BCUT2D eigenvalue weighted by atomic mass is 10.1. The fourth-order valence-electron chi connectivity index (χ4n) is 3.22. The Kier molecular flexibility index (Phi) is 6.86. The molecule has 4 rings (SSSR count). The molecule has 0 spiro atoms. The van der Waals surface area contributed by atoms with E-state index in [2.05, 4.69) is 11.1 Å². The molecular weight excluding hydrogens is 437 g/mol. The first kappa shape index (κ1) is 22.3. The number of ether oxygens (including phenoxy) is 1. The van der Waals surface area contributed by atoms with E-state index in [4.69, 9.17) is 4.74 Å². The molecule has 3 aromatic carbocycles. The number of amidine groups is 1. The topological polar surface area (TPSA) is 65.7 Å². The summed E-state index contributed by atoms with van der Waals surface area (Å²) in [6.45, 7) is 2.67. The molecule has 5 nitrogen and oxygen atoms in total. The molecule has 1 amide bonds. The predicted octanol–water partition coefficient (Wildman–Crippen LogP) is 5.90. The van der Waals surface area contributed by atoms with Crippen molar-refractivity contribution in [2.24, 2.45) is 4.99 Å². The van der Waals surface area contributed by atoms with Crippen molar-refractivity contribution in [3.05, 3.63) is 100 Å². The van der Waals surface area contributed by atoms with Gasteiger partial charge in [0.05, 0.1) is 22.2 Å². The number of amides is 1. The number of hydrogen-bond donors (Lipinski definition) is 0. The van der Waals surface area contributed by atoms with E-state index < -0.39 is 0 Å². The number of thioether (sulfide) groups is 1. The van der Waals surface area contributed by atoms with Crippen LogP contribution in [0.2, 0.25) is 0 Å². The van der Waals surface area contributed by atoms with Crippen LogP contribution in [0.25, 0.3) is 6.08 Å². The zero-order valence-corrected chi connectivity index (χ0v) is 18.7. The quantitative estimate of drug-likeness (QED) is 0.432. The van der Waals surface area contributed by atoms with Crippen LogP contribution < -0.4 is 4.74 Å². The van der Waals surface area contributed by atoms with Crippen molar-refractivity contribution in [2.75, 3.05) is 6.54 Å². The molecule has 0 saturated carbocycles. The first-order chi connectivity index (χ1) is 16.1. The van der Waals surface area contributed by atoms with Crippen LogP contribution in [0, 0.1) is 17.1 Å². The monoisotopic (exact) mass is 457 g/mol. The smallest absolute Gasteiger partial charge is 0.266 e. The van der Waals surface area contributed by atoms with Gasteiger partial charge in [0.2, 0.25) is 0 Å². The lowest BCUT2D eigenvalue weighted by Crippen LogP contribution is -2.28. The Balaban J connectivity index is 1.47. The number of nitrogens with zero attached hydrogens (tertiary/aromatic N) is 3. The third kappa shape index (κ3) is 5.30. The Hall–Kier alpha value is -3.89. The summed E-state index contributed by atoms with van der Waals surface area (Å²) in [6, 6.07) is 22.7. The summed E-state index contributed by atoms with van der Waals surface area (Å²) in [5, 5.41) is 9.76. The molecule has 0 unspecified atom stereocenters. The molecule has 7 heteroatoms. The van der Waals surface area contributed by atoms with Gasteiger partial charge in [0, 0.05) is 12.1 Å². The summed E-state index contributed by atoms with van der Waals surface area (Å²) in [5.41, 5.74) is 2.86. The van der Waals surface area contributed by atoms with Gasteiger partial charge in [-0.25, -0.2) is 9.38 Å². The molecule has 0 aliphatic carbocycles. The molecule has 1 fully saturated rings. The van der Waals surface area contributed by atoms with E-state index in [1.54, 1.807) is 23.1 Å². The first-order valence-electron chi connectivity index (χ1n) is 10.3. The predicted molar refractivity (Wildman–Crippen MR) is 128 cm³/mol. The minimum absolute atomic E-state index is 0.114.